The summed E-state index contributed by atoms with van der Waals surface area (Å²) < 4.78 is 9.78. The second-order valence-electron chi connectivity index (χ2n) is 3.64. The summed E-state index contributed by atoms with van der Waals surface area (Å²) >= 11 is 5.73. The van der Waals surface area contributed by atoms with E-state index in [1.165, 1.54) is 7.11 Å². The van der Waals surface area contributed by atoms with Crippen molar-refractivity contribution in [1.29, 1.82) is 0 Å². The van der Waals surface area contributed by atoms with Gasteiger partial charge in [-0.05, 0) is 24.3 Å². The zero-order chi connectivity index (χ0) is 13.8. The van der Waals surface area contributed by atoms with Crippen molar-refractivity contribution < 1.29 is 13.9 Å². The van der Waals surface area contributed by atoms with Crippen molar-refractivity contribution in [3.63, 3.8) is 0 Å². The van der Waals surface area contributed by atoms with Crippen LogP contribution in [0, 0.1) is 0 Å². The molecule has 0 atom stereocenters. The van der Waals surface area contributed by atoms with Gasteiger partial charge in [-0.1, -0.05) is 11.6 Å². The molecule has 5 nitrogen and oxygen atoms in total. The molecule has 1 heterocycles. The van der Waals surface area contributed by atoms with Crippen LogP contribution >= 0.6 is 11.6 Å². The van der Waals surface area contributed by atoms with Crippen molar-refractivity contribution >= 4 is 23.2 Å². The van der Waals surface area contributed by atoms with Gasteiger partial charge in [-0.2, -0.15) is 0 Å². The summed E-state index contributed by atoms with van der Waals surface area (Å²) in [6, 6.07) is 7.64. The van der Waals surface area contributed by atoms with Gasteiger partial charge in [0.25, 0.3) is 5.91 Å². The zero-order valence-electron chi connectivity index (χ0n) is 9.98. The number of amides is 1. The van der Waals surface area contributed by atoms with Crippen LogP contribution in [0.3, 0.4) is 0 Å². The molecule has 0 aliphatic carbocycles. The van der Waals surface area contributed by atoms with E-state index >= 15 is 0 Å². The lowest BCUT2D eigenvalue weighted by molar-refractivity contribution is 0.0993. The van der Waals surface area contributed by atoms with Gasteiger partial charge in [0.05, 0.1) is 7.11 Å². The molecule has 19 heavy (non-hydrogen) atoms. The number of benzene rings is 1. The molecule has 6 heteroatoms. The molecule has 0 unspecified atom stereocenters. The molecule has 0 fully saturated rings. The first-order valence-electron chi connectivity index (χ1n) is 5.34. The number of hydrogen-bond donors (Lipinski definition) is 1. The van der Waals surface area contributed by atoms with Gasteiger partial charge in [0, 0.05) is 16.8 Å². The Morgan fingerprint density at radius 2 is 2.00 bits per heavy atom. The van der Waals surface area contributed by atoms with Crippen LogP contribution in [0.25, 0.3) is 0 Å². The van der Waals surface area contributed by atoms with Crippen molar-refractivity contribution in [2.24, 2.45) is 0 Å². The number of anilines is 1. The van der Waals surface area contributed by atoms with Crippen LogP contribution in [0.5, 0.6) is 5.75 Å². The summed E-state index contributed by atoms with van der Waals surface area (Å²) in [5, 5.41) is 3.14. The third-order valence-corrected chi connectivity index (χ3v) is 2.60. The molecule has 2 aromatic rings. The summed E-state index contributed by atoms with van der Waals surface area (Å²) in [5.74, 6) is -0.578. The molecule has 0 saturated heterocycles. The first-order chi connectivity index (χ1) is 9.10. The summed E-state index contributed by atoms with van der Waals surface area (Å²) in [4.78, 5) is 23.3. The van der Waals surface area contributed by atoms with Gasteiger partial charge in [0.1, 0.15) is 6.26 Å². The molecule has 0 radical (unpaired) electrons. The fraction of sp³-hybridized carbons (Fsp3) is 0.0769. The van der Waals surface area contributed by atoms with Crippen molar-refractivity contribution in [3.05, 3.63) is 57.6 Å². The highest BCUT2D eigenvalue weighted by Crippen LogP contribution is 2.14. The second kappa shape index (κ2) is 5.58. The Bertz CT molecular complexity index is 648. The minimum atomic E-state index is -0.526. The summed E-state index contributed by atoms with van der Waals surface area (Å²) in [7, 11) is 1.35. The van der Waals surface area contributed by atoms with Crippen LogP contribution in [-0.2, 0) is 0 Å². The normalized spacial score (nSPS) is 10.0. The molecule has 0 aliphatic rings. The standard InChI is InChI=1S/C13H10ClNO4/c1-18-12-7-19-11(6-10(12)16)13(17)15-9-4-2-8(14)3-5-9/h2-7H,1H3,(H,15,17). The predicted molar refractivity (Wildman–Crippen MR) is 70.9 cm³/mol. The lowest BCUT2D eigenvalue weighted by Gasteiger charge is -2.04. The van der Waals surface area contributed by atoms with Gasteiger partial charge in [0.2, 0.25) is 11.2 Å². The molecule has 1 aromatic heterocycles. The SMILES string of the molecule is COc1coc(C(=O)Nc2ccc(Cl)cc2)cc1=O. The van der Waals surface area contributed by atoms with Gasteiger partial charge in [-0.15, -0.1) is 0 Å². The number of carbonyl (C=O) groups is 1. The molecule has 1 aromatic carbocycles. The van der Waals surface area contributed by atoms with E-state index in [1.807, 2.05) is 0 Å². The van der Waals surface area contributed by atoms with Crippen LogP contribution in [0.4, 0.5) is 5.69 Å². The molecule has 0 aliphatic heterocycles. The maximum Gasteiger partial charge on any atom is 0.291 e. The highest BCUT2D eigenvalue weighted by atomic mass is 35.5. The smallest absolute Gasteiger partial charge is 0.291 e. The molecule has 0 saturated carbocycles. The Labute approximate surface area is 113 Å². The Hall–Kier alpha value is -2.27. The van der Waals surface area contributed by atoms with Crippen molar-refractivity contribution in [3.8, 4) is 5.75 Å². The lowest BCUT2D eigenvalue weighted by Crippen LogP contribution is -2.15. The average Bonchev–Trinajstić information content (AvgIpc) is 2.41. The van der Waals surface area contributed by atoms with Crippen LogP contribution in [0.15, 0.2) is 45.8 Å². The Balaban J connectivity index is 2.18. The summed E-state index contributed by atoms with van der Waals surface area (Å²) in [6.07, 6.45) is 1.10. The molecular formula is C13H10ClNO4. The average molecular weight is 280 g/mol. The molecular weight excluding hydrogens is 270 g/mol. The number of nitrogens with one attached hydrogen (secondary N) is 1. The number of ether oxygens (including phenoxy) is 1. The van der Waals surface area contributed by atoms with Crippen molar-refractivity contribution in [2.45, 2.75) is 0 Å². The maximum atomic E-state index is 11.8. The van der Waals surface area contributed by atoms with Gasteiger partial charge < -0.3 is 14.5 Å². The largest absolute Gasteiger partial charge is 0.490 e. The van der Waals surface area contributed by atoms with E-state index in [0.29, 0.717) is 10.7 Å². The van der Waals surface area contributed by atoms with E-state index in [-0.39, 0.29) is 11.5 Å². The topological polar surface area (TPSA) is 68.5 Å². The van der Waals surface area contributed by atoms with Gasteiger partial charge in [-0.25, -0.2) is 0 Å². The number of rotatable bonds is 3. The first kappa shape index (κ1) is 13.2. The maximum absolute atomic E-state index is 11.8. The molecule has 0 spiro atoms. The molecule has 0 bridgehead atoms. The number of methoxy groups -OCH3 is 1. The Morgan fingerprint density at radius 3 is 2.58 bits per heavy atom. The molecule has 2 rings (SSSR count). The predicted octanol–water partition coefficient (Wildman–Crippen LogP) is 2.55. The van der Waals surface area contributed by atoms with Crippen molar-refractivity contribution in [2.75, 3.05) is 12.4 Å². The first-order valence-corrected chi connectivity index (χ1v) is 5.71. The molecule has 98 valence electrons. The van der Waals surface area contributed by atoms with Gasteiger partial charge in [-0.3, -0.25) is 9.59 Å². The zero-order valence-corrected chi connectivity index (χ0v) is 10.7. The van der Waals surface area contributed by atoms with Gasteiger partial charge >= 0.3 is 0 Å². The van der Waals surface area contributed by atoms with Crippen LogP contribution in [-0.4, -0.2) is 13.0 Å². The monoisotopic (exact) mass is 279 g/mol. The van der Waals surface area contributed by atoms with E-state index in [9.17, 15) is 9.59 Å². The van der Waals surface area contributed by atoms with Crippen LogP contribution in [0.2, 0.25) is 5.02 Å². The van der Waals surface area contributed by atoms with E-state index in [1.54, 1.807) is 24.3 Å². The minimum Gasteiger partial charge on any atom is -0.490 e. The Morgan fingerprint density at radius 1 is 1.32 bits per heavy atom. The number of hydrogen-bond acceptors (Lipinski definition) is 4. The summed E-state index contributed by atoms with van der Waals surface area (Å²) in [5.41, 5.74) is 0.128. The van der Waals surface area contributed by atoms with Crippen LogP contribution in [0.1, 0.15) is 10.6 Å². The van der Waals surface area contributed by atoms with Gasteiger partial charge in [0.15, 0.2) is 5.76 Å². The van der Waals surface area contributed by atoms with E-state index in [2.05, 4.69) is 5.32 Å². The van der Waals surface area contributed by atoms with E-state index in [0.717, 1.165) is 12.3 Å². The quantitative estimate of drug-likeness (QED) is 0.937. The van der Waals surface area contributed by atoms with E-state index in [4.69, 9.17) is 20.8 Å². The number of halogens is 1. The van der Waals surface area contributed by atoms with Crippen molar-refractivity contribution in [1.82, 2.24) is 0 Å². The third-order valence-electron chi connectivity index (χ3n) is 2.34. The fourth-order valence-electron chi connectivity index (χ4n) is 1.39. The lowest BCUT2D eigenvalue weighted by atomic mass is 10.3. The Kier molecular flexibility index (Phi) is 3.87. The summed E-state index contributed by atoms with van der Waals surface area (Å²) in [6.45, 7) is 0. The van der Waals surface area contributed by atoms with Crippen LogP contribution < -0.4 is 15.5 Å². The minimum absolute atomic E-state index is 0.0445. The second-order valence-corrected chi connectivity index (χ2v) is 4.07. The molecule has 1 N–H and O–H groups in total. The fourth-order valence-corrected chi connectivity index (χ4v) is 1.52. The number of carbonyl (C=O) groups excluding carboxylic acids is 1. The highest BCUT2D eigenvalue weighted by Gasteiger charge is 2.11. The van der Waals surface area contributed by atoms with E-state index < -0.39 is 11.3 Å². The highest BCUT2D eigenvalue weighted by molar-refractivity contribution is 6.30. The molecule has 1 amide bonds. The third kappa shape index (κ3) is 3.14.